The number of hydrogen-bond donors (Lipinski definition) is 1. The largest absolute Gasteiger partial charge is 0.379 e. The van der Waals surface area contributed by atoms with Crippen molar-refractivity contribution in [1.29, 1.82) is 0 Å². The Kier molecular flexibility index (Phi) is 32.1. The fourth-order valence-corrected chi connectivity index (χ4v) is 4.97. The number of carbonyl (C=O) groups excluding carboxylic acids is 1. The van der Waals surface area contributed by atoms with Crippen molar-refractivity contribution in [3.05, 3.63) is 0 Å². The summed E-state index contributed by atoms with van der Waals surface area (Å²) in [6, 6.07) is 0. The number of rotatable bonds is 32. The summed E-state index contributed by atoms with van der Waals surface area (Å²) in [6.07, 6.45) is 33.0. The van der Waals surface area contributed by atoms with Crippen LogP contribution in [-0.4, -0.2) is 38.4 Å². The van der Waals surface area contributed by atoms with Crippen LogP contribution in [0.25, 0.3) is 0 Å². The van der Waals surface area contributed by atoms with E-state index in [4.69, 9.17) is 9.47 Å². The van der Waals surface area contributed by atoms with Crippen LogP contribution in [-0.2, 0) is 14.3 Å². The van der Waals surface area contributed by atoms with E-state index >= 15 is 0 Å². The minimum Gasteiger partial charge on any atom is -0.379 e. The monoisotopic (exact) mass is 540 g/mol. The summed E-state index contributed by atoms with van der Waals surface area (Å²) in [5.41, 5.74) is 0. The lowest BCUT2D eigenvalue weighted by molar-refractivity contribution is -0.121. The lowest BCUT2D eigenvalue weighted by atomic mass is 10.1. The van der Waals surface area contributed by atoms with E-state index in [0.717, 1.165) is 26.1 Å². The smallest absolute Gasteiger partial charge is 0.219 e. The zero-order chi connectivity index (χ0) is 27.8. The molecule has 0 saturated heterocycles. The van der Waals surface area contributed by atoms with Crippen molar-refractivity contribution in [3.8, 4) is 0 Å². The van der Waals surface area contributed by atoms with E-state index < -0.39 is 0 Å². The van der Waals surface area contributed by atoms with E-state index in [2.05, 4.69) is 19.2 Å². The summed E-state index contributed by atoms with van der Waals surface area (Å²) in [5.74, 6) is 0.0879. The Morgan fingerprint density at radius 1 is 0.526 bits per heavy atom. The Morgan fingerprint density at radius 2 is 0.895 bits per heavy atom. The van der Waals surface area contributed by atoms with Crippen LogP contribution < -0.4 is 5.32 Å². The molecule has 1 unspecified atom stereocenters. The molecule has 0 aromatic heterocycles. The molecular formula is C34H69NO3. The molecular weight excluding hydrogens is 470 g/mol. The van der Waals surface area contributed by atoms with Crippen LogP contribution in [0, 0.1) is 0 Å². The predicted octanol–water partition coefficient (Wildman–Crippen LogP) is 10.3. The van der Waals surface area contributed by atoms with E-state index in [1.54, 1.807) is 0 Å². The highest BCUT2D eigenvalue weighted by molar-refractivity contribution is 5.75. The van der Waals surface area contributed by atoms with Gasteiger partial charge in [0, 0.05) is 26.2 Å². The van der Waals surface area contributed by atoms with Crippen LogP contribution in [0.4, 0.5) is 0 Å². The molecule has 0 heterocycles. The van der Waals surface area contributed by atoms with Gasteiger partial charge in [-0.25, -0.2) is 0 Å². The highest BCUT2D eigenvalue weighted by atomic mass is 16.5. The molecule has 228 valence electrons. The third-order valence-corrected chi connectivity index (χ3v) is 7.65. The number of carbonyl (C=O) groups is 1. The summed E-state index contributed by atoms with van der Waals surface area (Å²) in [7, 11) is 0. The third kappa shape index (κ3) is 29.9. The van der Waals surface area contributed by atoms with Crippen molar-refractivity contribution in [1.82, 2.24) is 5.32 Å². The Bertz CT molecular complexity index is 457. The number of amides is 1. The van der Waals surface area contributed by atoms with Gasteiger partial charge in [-0.05, 0) is 12.8 Å². The predicted molar refractivity (Wildman–Crippen MR) is 166 cm³/mol. The van der Waals surface area contributed by atoms with E-state index in [0.29, 0.717) is 19.6 Å². The number of nitrogens with one attached hydrogen (secondary N) is 1. The second-order valence-electron chi connectivity index (χ2n) is 11.5. The Balaban J connectivity index is 3.67. The number of unbranched alkanes of at least 4 members (excludes halogenated alkanes) is 22. The quantitative estimate of drug-likeness (QED) is 0.0865. The van der Waals surface area contributed by atoms with E-state index in [9.17, 15) is 4.79 Å². The van der Waals surface area contributed by atoms with Crippen molar-refractivity contribution >= 4 is 5.91 Å². The fourth-order valence-electron chi connectivity index (χ4n) is 4.97. The average Bonchev–Trinajstić information content (AvgIpc) is 2.93. The molecule has 38 heavy (non-hydrogen) atoms. The molecule has 0 fully saturated rings. The highest BCUT2D eigenvalue weighted by Crippen LogP contribution is 2.13. The van der Waals surface area contributed by atoms with Gasteiger partial charge in [-0.3, -0.25) is 4.79 Å². The van der Waals surface area contributed by atoms with Crippen LogP contribution in [0.3, 0.4) is 0 Å². The van der Waals surface area contributed by atoms with Gasteiger partial charge in [0.1, 0.15) is 0 Å². The SMILES string of the molecule is CCCCCCCCCCCCCCOCC(CNC(=O)CC)OCCCCCCCCCCCCCC. The fraction of sp³-hybridized carbons (Fsp3) is 0.971. The minimum atomic E-state index is -0.0319. The van der Waals surface area contributed by atoms with Crippen LogP contribution in [0.1, 0.15) is 181 Å². The molecule has 0 spiro atoms. The zero-order valence-corrected chi connectivity index (χ0v) is 26.3. The van der Waals surface area contributed by atoms with Gasteiger partial charge in [-0.15, -0.1) is 0 Å². The minimum absolute atomic E-state index is 0.0319. The van der Waals surface area contributed by atoms with E-state index in [-0.39, 0.29) is 12.0 Å². The Hall–Kier alpha value is -0.610. The van der Waals surface area contributed by atoms with E-state index in [1.807, 2.05) is 6.92 Å². The Morgan fingerprint density at radius 3 is 1.29 bits per heavy atom. The molecule has 0 rings (SSSR count). The molecule has 0 aliphatic rings. The molecule has 0 bridgehead atoms. The number of hydrogen-bond acceptors (Lipinski definition) is 3. The topological polar surface area (TPSA) is 47.6 Å². The van der Waals surface area contributed by atoms with Crippen LogP contribution >= 0.6 is 0 Å². The molecule has 4 heteroatoms. The number of ether oxygens (including phenoxy) is 2. The first-order valence-electron chi connectivity index (χ1n) is 17.2. The summed E-state index contributed by atoms with van der Waals surface area (Å²) >= 11 is 0. The van der Waals surface area contributed by atoms with Gasteiger partial charge in [0.15, 0.2) is 0 Å². The van der Waals surface area contributed by atoms with Gasteiger partial charge in [0.05, 0.1) is 12.7 Å². The first-order chi connectivity index (χ1) is 18.7. The first kappa shape index (κ1) is 37.4. The molecule has 0 saturated carbocycles. The van der Waals surface area contributed by atoms with Crippen LogP contribution in [0.2, 0.25) is 0 Å². The van der Waals surface area contributed by atoms with Gasteiger partial charge in [0.25, 0.3) is 0 Å². The van der Waals surface area contributed by atoms with Crippen molar-refractivity contribution in [2.75, 3.05) is 26.4 Å². The van der Waals surface area contributed by atoms with Gasteiger partial charge in [-0.2, -0.15) is 0 Å². The summed E-state index contributed by atoms with van der Waals surface area (Å²) in [4.78, 5) is 11.7. The second kappa shape index (κ2) is 32.6. The van der Waals surface area contributed by atoms with Crippen molar-refractivity contribution < 1.29 is 14.3 Å². The summed E-state index contributed by atoms with van der Waals surface area (Å²) in [5, 5.41) is 2.98. The summed E-state index contributed by atoms with van der Waals surface area (Å²) < 4.78 is 12.0. The van der Waals surface area contributed by atoms with Crippen LogP contribution in [0.15, 0.2) is 0 Å². The van der Waals surface area contributed by atoms with Crippen molar-refractivity contribution in [3.63, 3.8) is 0 Å². The molecule has 4 nitrogen and oxygen atoms in total. The Labute approximate surface area is 239 Å². The molecule has 0 aromatic rings. The van der Waals surface area contributed by atoms with Gasteiger partial charge >= 0.3 is 0 Å². The molecule has 1 atom stereocenters. The first-order valence-corrected chi connectivity index (χ1v) is 17.2. The van der Waals surface area contributed by atoms with Gasteiger partial charge in [0.2, 0.25) is 5.91 Å². The van der Waals surface area contributed by atoms with Crippen molar-refractivity contribution in [2.45, 2.75) is 187 Å². The summed E-state index contributed by atoms with van der Waals surface area (Å²) in [6.45, 7) is 9.17. The molecule has 0 radical (unpaired) electrons. The lowest BCUT2D eigenvalue weighted by Gasteiger charge is -2.19. The molecule has 0 aromatic carbocycles. The lowest BCUT2D eigenvalue weighted by Crippen LogP contribution is -2.36. The van der Waals surface area contributed by atoms with Gasteiger partial charge < -0.3 is 14.8 Å². The molecule has 0 aliphatic carbocycles. The van der Waals surface area contributed by atoms with E-state index in [1.165, 1.54) is 141 Å². The van der Waals surface area contributed by atoms with Gasteiger partial charge in [-0.1, -0.05) is 162 Å². The molecule has 1 N–H and O–H groups in total. The molecule has 1 amide bonds. The molecule has 0 aliphatic heterocycles. The van der Waals surface area contributed by atoms with Crippen LogP contribution in [0.5, 0.6) is 0 Å². The standard InChI is InChI=1S/C34H69NO3/c1-4-7-9-11-13-15-17-19-21-23-25-27-29-37-32-33(31-35-34(36)6-3)38-30-28-26-24-22-20-18-16-14-12-10-8-5-2/h33H,4-32H2,1-3H3,(H,35,36). The maximum atomic E-state index is 11.7. The normalized spacial score (nSPS) is 12.2. The zero-order valence-electron chi connectivity index (χ0n) is 26.3. The van der Waals surface area contributed by atoms with Crippen molar-refractivity contribution in [2.24, 2.45) is 0 Å². The average molecular weight is 540 g/mol. The maximum absolute atomic E-state index is 11.7. The second-order valence-corrected chi connectivity index (χ2v) is 11.5. The third-order valence-electron chi connectivity index (χ3n) is 7.65. The highest BCUT2D eigenvalue weighted by Gasteiger charge is 2.11. The maximum Gasteiger partial charge on any atom is 0.219 e.